The number of nitrogen functional groups attached to an aromatic ring is 1. The normalized spacial score (nSPS) is 12.6. The number of hydrogen-bond acceptors (Lipinski definition) is 6. The molecule has 6 heteroatoms. The molecule has 1 atom stereocenters. The van der Waals surface area contributed by atoms with E-state index in [2.05, 4.69) is 29.0 Å². The summed E-state index contributed by atoms with van der Waals surface area (Å²) in [4.78, 5) is 8.46. The minimum atomic E-state index is 0.440. The van der Waals surface area contributed by atoms with Gasteiger partial charge in [-0.15, -0.1) is 0 Å². The van der Waals surface area contributed by atoms with Gasteiger partial charge in [-0.3, -0.25) is 0 Å². The molecule has 0 bridgehead atoms. The van der Waals surface area contributed by atoms with Crippen molar-refractivity contribution >= 4 is 17.4 Å². The molecule has 0 saturated carbocycles. The minimum Gasteiger partial charge on any atom is -0.397 e. The molecule has 96 valence electrons. The third-order valence-electron chi connectivity index (χ3n) is 2.55. The van der Waals surface area contributed by atoms with Crippen molar-refractivity contribution < 1.29 is 4.52 Å². The molecule has 2 N–H and O–H groups in total. The topological polar surface area (TPSA) is 77.8 Å². The Hall–Kier alpha value is -1.56. The number of aromatic nitrogens is 3. The molecule has 0 fully saturated rings. The largest absolute Gasteiger partial charge is 0.397 e. The van der Waals surface area contributed by atoms with Crippen molar-refractivity contribution in [1.29, 1.82) is 0 Å². The van der Waals surface area contributed by atoms with Crippen LogP contribution in [0.25, 0.3) is 11.6 Å². The van der Waals surface area contributed by atoms with Crippen LogP contribution in [-0.2, 0) is 5.75 Å². The van der Waals surface area contributed by atoms with E-state index in [0.29, 0.717) is 28.3 Å². The van der Waals surface area contributed by atoms with Crippen molar-refractivity contribution in [3.05, 3.63) is 24.2 Å². The van der Waals surface area contributed by atoms with E-state index < -0.39 is 0 Å². The van der Waals surface area contributed by atoms with Crippen molar-refractivity contribution in [2.45, 2.75) is 31.3 Å². The molecule has 2 heterocycles. The van der Waals surface area contributed by atoms with Gasteiger partial charge in [-0.1, -0.05) is 19.0 Å². The number of nitrogens with two attached hydrogens (primary N) is 1. The molecule has 2 rings (SSSR count). The highest BCUT2D eigenvalue weighted by Gasteiger charge is 2.10. The van der Waals surface area contributed by atoms with Crippen molar-refractivity contribution in [3.8, 4) is 11.6 Å². The van der Waals surface area contributed by atoms with E-state index in [1.807, 2.05) is 11.8 Å². The van der Waals surface area contributed by atoms with Crippen LogP contribution >= 0.6 is 11.8 Å². The second-order valence-electron chi connectivity index (χ2n) is 4.02. The Bertz CT molecular complexity index is 497. The number of rotatable bonds is 5. The van der Waals surface area contributed by atoms with Crippen molar-refractivity contribution in [1.82, 2.24) is 15.1 Å². The van der Waals surface area contributed by atoms with Crippen LogP contribution < -0.4 is 5.73 Å². The molecule has 0 spiro atoms. The highest BCUT2D eigenvalue weighted by molar-refractivity contribution is 7.99. The summed E-state index contributed by atoms with van der Waals surface area (Å²) >= 11 is 1.82. The molecule has 0 radical (unpaired) electrons. The summed E-state index contributed by atoms with van der Waals surface area (Å²) in [6, 6.07) is 3.54. The maximum atomic E-state index is 5.57. The number of anilines is 1. The Labute approximate surface area is 110 Å². The van der Waals surface area contributed by atoms with Crippen LogP contribution in [0.15, 0.2) is 22.9 Å². The third kappa shape index (κ3) is 3.22. The summed E-state index contributed by atoms with van der Waals surface area (Å²) in [5.74, 6) is 1.90. The van der Waals surface area contributed by atoms with E-state index in [-0.39, 0.29) is 0 Å². The lowest BCUT2D eigenvalue weighted by molar-refractivity contribution is 0.424. The summed E-state index contributed by atoms with van der Waals surface area (Å²) < 4.78 is 5.18. The Kier molecular flexibility index (Phi) is 4.19. The number of thioether (sulfide) groups is 1. The fourth-order valence-corrected chi connectivity index (χ4v) is 2.07. The smallest absolute Gasteiger partial charge is 0.276 e. The van der Waals surface area contributed by atoms with Crippen LogP contribution in [0.2, 0.25) is 0 Å². The first kappa shape index (κ1) is 12.9. The van der Waals surface area contributed by atoms with Crippen LogP contribution in [-0.4, -0.2) is 20.4 Å². The monoisotopic (exact) mass is 264 g/mol. The maximum absolute atomic E-state index is 5.57. The van der Waals surface area contributed by atoms with Crippen molar-refractivity contribution in [3.63, 3.8) is 0 Å². The molecular weight excluding hydrogens is 248 g/mol. The zero-order chi connectivity index (χ0) is 13.0. The van der Waals surface area contributed by atoms with Gasteiger partial charge in [0, 0.05) is 5.25 Å². The van der Waals surface area contributed by atoms with Gasteiger partial charge in [0.15, 0.2) is 5.82 Å². The first-order valence-electron chi connectivity index (χ1n) is 5.85. The predicted molar refractivity (Wildman–Crippen MR) is 73.0 cm³/mol. The van der Waals surface area contributed by atoms with E-state index in [4.69, 9.17) is 10.3 Å². The van der Waals surface area contributed by atoms with Gasteiger partial charge < -0.3 is 10.3 Å². The molecule has 1 unspecified atom stereocenters. The summed E-state index contributed by atoms with van der Waals surface area (Å²) in [5.41, 5.74) is 6.84. The summed E-state index contributed by atoms with van der Waals surface area (Å²) in [7, 11) is 0. The van der Waals surface area contributed by atoms with E-state index >= 15 is 0 Å². The van der Waals surface area contributed by atoms with Crippen molar-refractivity contribution in [2.24, 2.45) is 0 Å². The van der Waals surface area contributed by atoms with Crippen LogP contribution in [0.1, 0.15) is 26.1 Å². The molecule has 0 amide bonds. The van der Waals surface area contributed by atoms with Crippen LogP contribution in [0, 0.1) is 0 Å². The molecule has 2 aromatic heterocycles. The average Bonchev–Trinajstić information content (AvgIpc) is 2.85. The Morgan fingerprint density at radius 3 is 2.94 bits per heavy atom. The van der Waals surface area contributed by atoms with Gasteiger partial charge >= 0.3 is 0 Å². The Morgan fingerprint density at radius 1 is 1.44 bits per heavy atom. The molecule has 0 saturated heterocycles. The average molecular weight is 264 g/mol. The number of pyridine rings is 1. The van der Waals surface area contributed by atoms with Gasteiger partial charge in [0.1, 0.15) is 5.69 Å². The first-order chi connectivity index (χ1) is 8.69. The fourth-order valence-electron chi connectivity index (χ4n) is 1.28. The van der Waals surface area contributed by atoms with E-state index in [1.165, 1.54) is 0 Å². The van der Waals surface area contributed by atoms with Gasteiger partial charge in [0.25, 0.3) is 5.89 Å². The van der Waals surface area contributed by atoms with E-state index in [0.717, 1.165) is 12.2 Å². The van der Waals surface area contributed by atoms with Gasteiger partial charge in [-0.05, 0) is 18.6 Å². The molecule has 18 heavy (non-hydrogen) atoms. The minimum absolute atomic E-state index is 0.440. The molecule has 5 nitrogen and oxygen atoms in total. The molecular formula is C12H16N4OS. The number of hydrogen-bond donors (Lipinski definition) is 1. The SMILES string of the molecule is CCC(C)SCc1noc(-c2ccc(N)cn2)n1. The zero-order valence-electron chi connectivity index (χ0n) is 10.5. The lowest BCUT2D eigenvalue weighted by atomic mass is 10.3. The van der Waals surface area contributed by atoms with Gasteiger partial charge in [0.2, 0.25) is 0 Å². The Balaban J connectivity index is 2.03. The molecule has 0 aliphatic carbocycles. The van der Waals surface area contributed by atoms with E-state index in [9.17, 15) is 0 Å². The summed E-state index contributed by atoms with van der Waals surface area (Å²) in [6.45, 7) is 4.35. The second kappa shape index (κ2) is 5.86. The maximum Gasteiger partial charge on any atom is 0.276 e. The molecule has 2 aromatic rings. The molecule has 0 aromatic carbocycles. The quantitative estimate of drug-likeness (QED) is 0.894. The molecule has 0 aliphatic heterocycles. The van der Waals surface area contributed by atoms with Gasteiger partial charge in [-0.2, -0.15) is 16.7 Å². The van der Waals surface area contributed by atoms with Crippen LogP contribution in [0.4, 0.5) is 5.69 Å². The highest BCUT2D eigenvalue weighted by atomic mass is 32.2. The van der Waals surface area contributed by atoms with Gasteiger partial charge in [-0.25, -0.2) is 4.98 Å². The lowest BCUT2D eigenvalue weighted by Crippen LogP contribution is -1.95. The Morgan fingerprint density at radius 2 is 2.28 bits per heavy atom. The first-order valence-corrected chi connectivity index (χ1v) is 6.90. The summed E-state index contributed by atoms with van der Waals surface area (Å²) in [5, 5.41) is 4.54. The van der Waals surface area contributed by atoms with Crippen molar-refractivity contribution in [2.75, 3.05) is 5.73 Å². The van der Waals surface area contributed by atoms with E-state index in [1.54, 1.807) is 18.3 Å². The van der Waals surface area contributed by atoms with Crippen LogP contribution in [0.5, 0.6) is 0 Å². The third-order valence-corrected chi connectivity index (χ3v) is 3.87. The predicted octanol–water partition coefficient (Wildman–Crippen LogP) is 2.75. The zero-order valence-corrected chi connectivity index (χ0v) is 11.3. The highest BCUT2D eigenvalue weighted by Crippen LogP contribution is 2.20. The standard InChI is InChI=1S/C12H16N4OS/c1-3-8(2)18-7-11-15-12(17-16-11)10-5-4-9(13)6-14-10/h4-6,8H,3,7,13H2,1-2H3. The number of nitrogens with zero attached hydrogens (tertiary/aromatic N) is 3. The van der Waals surface area contributed by atoms with Gasteiger partial charge in [0.05, 0.1) is 17.6 Å². The summed E-state index contributed by atoms with van der Waals surface area (Å²) in [6.07, 6.45) is 2.71. The lowest BCUT2D eigenvalue weighted by Gasteiger charge is -2.04. The fraction of sp³-hybridized carbons (Fsp3) is 0.417. The van der Waals surface area contributed by atoms with Crippen LogP contribution in [0.3, 0.4) is 0 Å². The molecule has 0 aliphatic rings. The second-order valence-corrected chi connectivity index (χ2v) is 5.45.